The summed E-state index contributed by atoms with van der Waals surface area (Å²) in [5.74, 6) is 7.21. The molecule has 2 N–H and O–H groups in total. The normalized spacial score (nSPS) is 14.7. The molecule has 0 spiro atoms. The van der Waals surface area contributed by atoms with Gasteiger partial charge < -0.3 is 10.5 Å². The van der Waals surface area contributed by atoms with E-state index in [4.69, 9.17) is 10.5 Å². The van der Waals surface area contributed by atoms with Crippen molar-refractivity contribution in [2.45, 2.75) is 19.3 Å². The Hall–Kier alpha value is -2.97. The lowest BCUT2D eigenvalue weighted by atomic mass is 9.90. The minimum absolute atomic E-state index is 0.453. The number of piperidine rings is 1. The highest BCUT2D eigenvalue weighted by Crippen LogP contribution is 2.24. The molecule has 0 aromatic heterocycles. The van der Waals surface area contributed by atoms with Crippen LogP contribution in [0.4, 0.5) is 16.2 Å². The second-order valence-corrected chi connectivity index (χ2v) is 7.51. The van der Waals surface area contributed by atoms with Gasteiger partial charge >= 0.3 is 6.09 Å². The van der Waals surface area contributed by atoms with Crippen molar-refractivity contribution in [2.24, 2.45) is 5.92 Å². The molecule has 2 aromatic rings. The van der Waals surface area contributed by atoms with Gasteiger partial charge in [-0.3, -0.25) is 9.80 Å². The smallest absolute Gasteiger partial charge is 0.413 e. The number of carbonyl (C=O) groups excluding carboxylic acids is 1. The van der Waals surface area contributed by atoms with Crippen LogP contribution in [0, 0.1) is 17.8 Å². The number of nitrogens with zero attached hydrogens (tertiary/aromatic N) is 2. The van der Waals surface area contributed by atoms with Crippen molar-refractivity contribution in [3.05, 3.63) is 59.7 Å². The van der Waals surface area contributed by atoms with Crippen LogP contribution in [0.25, 0.3) is 0 Å². The maximum atomic E-state index is 11.6. The van der Waals surface area contributed by atoms with Crippen molar-refractivity contribution in [2.75, 3.05) is 44.4 Å². The zero-order valence-electron chi connectivity index (χ0n) is 17.2. The molecule has 0 saturated carbocycles. The van der Waals surface area contributed by atoms with E-state index in [-0.39, 0.29) is 0 Å². The first-order valence-electron chi connectivity index (χ1n) is 10.0. The van der Waals surface area contributed by atoms with Gasteiger partial charge in [0.1, 0.15) is 0 Å². The molecule has 0 bridgehead atoms. The fourth-order valence-electron chi connectivity index (χ4n) is 3.72. The molecule has 1 heterocycles. The predicted molar refractivity (Wildman–Crippen MR) is 118 cm³/mol. The van der Waals surface area contributed by atoms with Gasteiger partial charge in [-0.05, 0) is 62.0 Å². The molecule has 0 radical (unpaired) electrons. The van der Waals surface area contributed by atoms with Crippen LogP contribution in [-0.2, 0) is 11.2 Å². The van der Waals surface area contributed by atoms with Crippen LogP contribution in [0.2, 0.25) is 0 Å². The number of hydrogen-bond donors (Lipinski definition) is 1. The lowest BCUT2D eigenvalue weighted by Gasteiger charge is -2.30. The van der Waals surface area contributed by atoms with Crippen LogP contribution in [-0.4, -0.2) is 44.8 Å². The van der Waals surface area contributed by atoms with E-state index < -0.39 is 6.09 Å². The zero-order chi connectivity index (χ0) is 20.6. The number of benzene rings is 2. The number of nitrogens with two attached hydrogens (primary N) is 1. The molecule has 3 rings (SSSR count). The van der Waals surface area contributed by atoms with Crippen LogP contribution >= 0.6 is 0 Å². The zero-order valence-corrected chi connectivity index (χ0v) is 17.2. The number of hydrogen-bond acceptors (Lipinski definition) is 4. The standard InChI is InChI=1S/C24H29N3O2/c1-26(24(28)29-2)23-11-10-20(18-22(23)25)9-6-14-27-15-12-21(13-16-27)17-19-7-4-3-5-8-19/h3-5,7-8,10-11,18,21H,12-17,25H2,1-2H3. The molecule has 29 heavy (non-hydrogen) atoms. The second-order valence-electron chi connectivity index (χ2n) is 7.51. The van der Waals surface area contributed by atoms with Crippen LogP contribution < -0.4 is 10.6 Å². The van der Waals surface area contributed by atoms with Gasteiger partial charge in [0.2, 0.25) is 0 Å². The second kappa shape index (κ2) is 9.99. The van der Waals surface area contributed by atoms with E-state index in [1.807, 2.05) is 6.07 Å². The number of nitrogen functional groups attached to an aromatic ring is 1. The van der Waals surface area contributed by atoms with Gasteiger partial charge in [0.25, 0.3) is 0 Å². The third-order valence-electron chi connectivity index (χ3n) is 5.45. The third kappa shape index (κ3) is 5.75. The molecule has 2 aromatic carbocycles. The number of methoxy groups -OCH3 is 1. The van der Waals surface area contributed by atoms with Gasteiger partial charge in [-0.25, -0.2) is 4.79 Å². The lowest BCUT2D eigenvalue weighted by molar-refractivity contribution is 0.180. The van der Waals surface area contributed by atoms with Crippen LogP contribution in [0.3, 0.4) is 0 Å². The van der Waals surface area contributed by atoms with Crippen LogP contribution in [0.1, 0.15) is 24.0 Å². The summed E-state index contributed by atoms with van der Waals surface area (Å²) in [6.45, 7) is 2.95. The van der Waals surface area contributed by atoms with Crippen molar-refractivity contribution in [3.8, 4) is 11.8 Å². The monoisotopic (exact) mass is 391 g/mol. The van der Waals surface area contributed by atoms with Gasteiger partial charge in [0.05, 0.1) is 25.0 Å². The Kier molecular flexibility index (Phi) is 7.15. The third-order valence-corrected chi connectivity index (χ3v) is 5.45. The summed E-state index contributed by atoms with van der Waals surface area (Å²) >= 11 is 0. The van der Waals surface area contributed by atoms with Gasteiger partial charge in [-0.2, -0.15) is 0 Å². The van der Waals surface area contributed by atoms with Crippen molar-refractivity contribution in [1.29, 1.82) is 0 Å². The summed E-state index contributed by atoms with van der Waals surface area (Å²) in [5, 5.41) is 0. The van der Waals surface area contributed by atoms with E-state index in [1.165, 1.54) is 36.8 Å². The topological polar surface area (TPSA) is 58.8 Å². The van der Waals surface area contributed by atoms with Gasteiger partial charge in [-0.1, -0.05) is 42.2 Å². The fourth-order valence-corrected chi connectivity index (χ4v) is 3.72. The quantitative estimate of drug-likeness (QED) is 0.637. The number of carbonyl (C=O) groups is 1. The van der Waals surface area contributed by atoms with E-state index in [0.29, 0.717) is 11.4 Å². The first-order chi connectivity index (χ1) is 14.1. The largest absolute Gasteiger partial charge is 0.452 e. The van der Waals surface area contributed by atoms with Crippen molar-refractivity contribution in [1.82, 2.24) is 4.90 Å². The van der Waals surface area contributed by atoms with Crippen LogP contribution in [0.15, 0.2) is 48.5 Å². The van der Waals surface area contributed by atoms with E-state index in [9.17, 15) is 4.79 Å². The number of likely N-dealkylation sites (tertiary alicyclic amines) is 1. The SMILES string of the molecule is COC(=O)N(C)c1ccc(C#CCN2CCC(Cc3ccccc3)CC2)cc1N. The summed E-state index contributed by atoms with van der Waals surface area (Å²) < 4.78 is 4.72. The first-order valence-corrected chi connectivity index (χ1v) is 10.0. The summed E-state index contributed by atoms with van der Waals surface area (Å²) in [7, 11) is 2.98. The van der Waals surface area contributed by atoms with Crippen molar-refractivity contribution in [3.63, 3.8) is 0 Å². The van der Waals surface area contributed by atoms with E-state index in [0.717, 1.165) is 31.1 Å². The molecule has 152 valence electrons. The average molecular weight is 392 g/mol. The van der Waals surface area contributed by atoms with E-state index >= 15 is 0 Å². The highest BCUT2D eigenvalue weighted by molar-refractivity contribution is 5.91. The molecule has 0 unspecified atom stereocenters. The van der Waals surface area contributed by atoms with E-state index in [1.54, 1.807) is 19.2 Å². The molecule has 1 aliphatic heterocycles. The highest BCUT2D eigenvalue weighted by atomic mass is 16.5. The molecule has 1 aliphatic rings. The lowest BCUT2D eigenvalue weighted by Crippen LogP contribution is -2.34. The van der Waals surface area contributed by atoms with Crippen LogP contribution in [0.5, 0.6) is 0 Å². The maximum absolute atomic E-state index is 11.6. The number of rotatable bonds is 4. The number of anilines is 2. The summed E-state index contributed by atoms with van der Waals surface area (Å²) in [5.41, 5.74) is 9.49. The number of ether oxygens (including phenoxy) is 1. The molecule has 5 heteroatoms. The molecule has 5 nitrogen and oxygen atoms in total. The fraction of sp³-hybridized carbons (Fsp3) is 0.375. The van der Waals surface area contributed by atoms with Crippen molar-refractivity contribution < 1.29 is 9.53 Å². The minimum Gasteiger partial charge on any atom is -0.452 e. The molecule has 1 fully saturated rings. The first kappa shape index (κ1) is 20.8. The Morgan fingerprint density at radius 1 is 1.21 bits per heavy atom. The molecular weight excluding hydrogens is 362 g/mol. The maximum Gasteiger partial charge on any atom is 0.413 e. The Bertz CT molecular complexity index is 878. The summed E-state index contributed by atoms with van der Waals surface area (Å²) in [6, 6.07) is 16.2. The Balaban J connectivity index is 1.49. The minimum atomic E-state index is -0.453. The Labute approximate surface area is 173 Å². The Morgan fingerprint density at radius 3 is 2.59 bits per heavy atom. The van der Waals surface area contributed by atoms with E-state index in [2.05, 4.69) is 47.1 Å². The summed E-state index contributed by atoms with van der Waals surface area (Å²) in [4.78, 5) is 15.4. The predicted octanol–water partition coefficient (Wildman–Crippen LogP) is 3.78. The molecular formula is C24H29N3O2. The number of amides is 1. The summed E-state index contributed by atoms with van der Waals surface area (Å²) in [6.07, 6.45) is 3.16. The average Bonchev–Trinajstić information content (AvgIpc) is 2.75. The molecule has 1 saturated heterocycles. The molecule has 0 atom stereocenters. The van der Waals surface area contributed by atoms with Gasteiger partial charge in [-0.15, -0.1) is 0 Å². The van der Waals surface area contributed by atoms with Crippen molar-refractivity contribution >= 4 is 17.5 Å². The highest BCUT2D eigenvalue weighted by Gasteiger charge is 2.18. The molecule has 0 aliphatic carbocycles. The Morgan fingerprint density at radius 2 is 1.93 bits per heavy atom. The van der Waals surface area contributed by atoms with Gasteiger partial charge in [0.15, 0.2) is 0 Å². The molecule has 1 amide bonds. The van der Waals surface area contributed by atoms with Gasteiger partial charge in [0, 0.05) is 12.6 Å².